The third kappa shape index (κ3) is 3.86. The lowest BCUT2D eigenvalue weighted by atomic mass is 10.1. The molecule has 1 aromatic heterocycles. The molecule has 6 heteroatoms. The van der Waals surface area contributed by atoms with Gasteiger partial charge in [0, 0.05) is 36.5 Å². The molecule has 3 rings (SSSR count). The van der Waals surface area contributed by atoms with Crippen LogP contribution in [0.15, 0.2) is 48.5 Å². The van der Waals surface area contributed by atoms with Crippen LogP contribution < -0.4 is 9.47 Å². The van der Waals surface area contributed by atoms with E-state index in [9.17, 15) is 4.79 Å². The monoisotopic (exact) mass is 379 g/mol. The van der Waals surface area contributed by atoms with Crippen molar-refractivity contribution >= 4 is 5.91 Å². The fourth-order valence-electron chi connectivity index (χ4n) is 3.18. The van der Waals surface area contributed by atoms with Crippen LogP contribution in [0.25, 0.3) is 5.69 Å². The number of carbonyl (C=O) groups is 1. The van der Waals surface area contributed by atoms with Gasteiger partial charge in [-0.1, -0.05) is 18.2 Å². The van der Waals surface area contributed by atoms with Crippen LogP contribution in [0.1, 0.15) is 27.3 Å². The molecule has 0 aliphatic carbocycles. The topological polar surface area (TPSA) is 56.6 Å². The number of methoxy groups -OCH3 is 2. The smallest absolute Gasteiger partial charge is 0.254 e. The van der Waals surface area contributed by atoms with Crippen molar-refractivity contribution in [1.29, 1.82) is 0 Å². The lowest BCUT2D eigenvalue weighted by Gasteiger charge is -2.18. The van der Waals surface area contributed by atoms with Gasteiger partial charge in [-0.3, -0.25) is 4.79 Å². The number of benzene rings is 2. The van der Waals surface area contributed by atoms with E-state index in [2.05, 4.69) is 5.10 Å². The first-order chi connectivity index (χ1) is 13.4. The number of hydrogen-bond acceptors (Lipinski definition) is 4. The van der Waals surface area contributed by atoms with E-state index in [-0.39, 0.29) is 5.91 Å². The highest BCUT2D eigenvalue weighted by Crippen LogP contribution is 2.24. The summed E-state index contributed by atoms with van der Waals surface area (Å²) in [6, 6.07) is 15.2. The van der Waals surface area contributed by atoms with Gasteiger partial charge >= 0.3 is 0 Å². The maximum atomic E-state index is 13.0. The first-order valence-electron chi connectivity index (χ1n) is 9.03. The first kappa shape index (κ1) is 19.5. The fraction of sp³-hybridized carbons (Fsp3) is 0.273. The van der Waals surface area contributed by atoms with Crippen LogP contribution in [0.3, 0.4) is 0 Å². The van der Waals surface area contributed by atoms with Crippen molar-refractivity contribution in [2.45, 2.75) is 20.4 Å². The van der Waals surface area contributed by atoms with Crippen LogP contribution in [-0.4, -0.2) is 41.9 Å². The fourth-order valence-corrected chi connectivity index (χ4v) is 3.18. The van der Waals surface area contributed by atoms with Crippen molar-refractivity contribution in [1.82, 2.24) is 14.7 Å². The Labute approximate surface area is 165 Å². The second-order valence-electron chi connectivity index (χ2n) is 6.66. The number of nitrogens with zero attached hydrogens (tertiary/aromatic N) is 3. The van der Waals surface area contributed by atoms with E-state index < -0.39 is 0 Å². The van der Waals surface area contributed by atoms with Gasteiger partial charge in [-0.15, -0.1) is 0 Å². The van der Waals surface area contributed by atoms with E-state index in [1.807, 2.05) is 48.9 Å². The number of amides is 1. The molecule has 0 atom stereocenters. The van der Waals surface area contributed by atoms with Crippen molar-refractivity contribution in [3.8, 4) is 17.2 Å². The zero-order valence-corrected chi connectivity index (χ0v) is 16.9. The van der Waals surface area contributed by atoms with Crippen molar-refractivity contribution in [3.05, 3.63) is 71.0 Å². The second kappa shape index (κ2) is 8.17. The van der Waals surface area contributed by atoms with E-state index in [1.165, 1.54) is 0 Å². The molecule has 0 aliphatic rings. The Morgan fingerprint density at radius 2 is 1.64 bits per heavy atom. The quantitative estimate of drug-likeness (QED) is 0.654. The van der Waals surface area contributed by atoms with Crippen LogP contribution in [0.5, 0.6) is 11.5 Å². The third-order valence-electron chi connectivity index (χ3n) is 4.78. The summed E-state index contributed by atoms with van der Waals surface area (Å²) in [5, 5.41) is 4.66. The highest BCUT2D eigenvalue weighted by Gasteiger charge is 2.19. The van der Waals surface area contributed by atoms with Gasteiger partial charge in [-0.05, 0) is 38.1 Å². The molecule has 3 aromatic rings. The number of rotatable bonds is 6. The van der Waals surface area contributed by atoms with Crippen LogP contribution in [-0.2, 0) is 6.54 Å². The highest BCUT2D eigenvalue weighted by molar-refractivity contribution is 5.95. The highest BCUT2D eigenvalue weighted by atomic mass is 16.5. The zero-order valence-electron chi connectivity index (χ0n) is 16.9. The van der Waals surface area contributed by atoms with E-state index >= 15 is 0 Å². The predicted molar refractivity (Wildman–Crippen MR) is 108 cm³/mol. The van der Waals surface area contributed by atoms with Crippen LogP contribution in [0.4, 0.5) is 0 Å². The summed E-state index contributed by atoms with van der Waals surface area (Å²) < 4.78 is 12.5. The van der Waals surface area contributed by atoms with Crippen LogP contribution in [0.2, 0.25) is 0 Å². The summed E-state index contributed by atoms with van der Waals surface area (Å²) in [5.74, 6) is 1.06. The van der Waals surface area contributed by atoms with Gasteiger partial charge < -0.3 is 14.4 Å². The number of aromatic nitrogens is 2. The Bertz CT molecular complexity index is 958. The largest absolute Gasteiger partial charge is 0.497 e. The molecule has 0 saturated carbocycles. The minimum atomic E-state index is -0.108. The molecule has 2 aromatic carbocycles. The summed E-state index contributed by atoms with van der Waals surface area (Å²) >= 11 is 0. The molecule has 0 N–H and O–H groups in total. The molecule has 146 valence electrons. The molecule has 0 aliphatic heterocycles. The molecule has 28 heavy (non-hydrogen) atoms. The number of para-hydroxylation sites is 1. The van der Waals surface area contributed by atoms with Gasteiger partial charge in [0.25, 0.3) is 5.91 Å². The lowest BCUT2D eigenvalue weighted by Crippen LogP contribution is -2.26. The SMILES string of the molecule is COc1cc(OC)cc(C(=O)N(C)Cc2c(C)nn(-c3ccccc3)c2C)c1. The third-order valence-corrected chi connectivity index (χ3v) is 4.78. The molecule has 6 nitrogen and oxygen atoms in total. The molecular formula is C22H25N3O3. The van der Waals surface area contributed by atoms with E-state index in [4.69, 9.17) is 9.47 Å². The van der Waals surface area contributed by atoms with Gasteiger partial charge in [0.05, 0.1) is 25.6 Å². The van der Waals surface area contributed by atoms with Gasteiger partial charge in [-0.2, -0.15) is 5.10 Å². The van der Waals surface area contributed by atoms with Gasteiger partial charge in [0.15, 0.2) is 0 Å². The van der Waals surface area contributed by atoms with Crippen LogP contribution in [0, 0.1) is 13.8 Å². The second-order valence-corrected chi connectivity index (χ2v) is 6.66. The molecule has 0 radical (unpaired) electrons. The average molecular weight is 379 g/mol. The van der Waals surface area contributed by atoms with E-state index in [0.717, 1.165) is 22.6 Å². The minimum Gasteiger partial charge on any atom is -0.497 e. The Morgan fingerprint density at radius 1 is 1.04 bits per heavy atom. The molecule has 0 fully saturated rings. The van der Waals surface area contributed by atoms with Gasteiger partial charge in [-0.25, -0.2) is 4.68 Å². The maximum absolute atomic E-state index is 13.0. The molecular weight excluding hydrogens is 354 g/mol. The van der Waals surface area contributed by atoms with Gasteiger partial charge in [0.2, 0.25) is 0 Å². The molecule has 0 saturated heterocycles. The number of carbonyl (C=O) groups excluding carboxylic acids is 1. The van der Waals surface area contributed by atoms with Crippen molar-refractivity contribution in [3.63, 3.8) is 0 Å². The standard InChI is InChI=1S/C22H25N3O3/c1-15-21(16(2)25(23-15)18-9-7-6-8-10-18)14-24(3)22(26)17-11-19(27-4)13-20(12-17)28-5/h6-13H,14H2,1-5H3. The Kier molecular flexibility index (Phi) is 5.68. The number of ether oxygens (including phenoxy) is 2. The summed E-state index contributed by atoms with van der Waals surface area (Å²) in [4.78, 5) is 14.7. The summed E-state index contributed by atoms with van der Waals surface area (Å²) in [5.41, 5.74) is 4.48. The minimum absolute atomic E-state index is 0.108. The Balaban J connectivity index is 1.86. The first-order valence-corrected chi connectivity index (χ1v) is 9.03. The lowest BCUT2D eigenvalue weighted by molar-refractivity contribution is 0.0784. The normalized spacial score (nSPS) is 10.6. The van der Waals surface area contributed by atoms with E-state index in [0.29, 0.717) is 23.6 Å². The Morgan fingerprint density at radius 3 is 2.21 bits per heavy atom. The maximum Gasteiger partial charge on any atom is 0.254 e. The average Bonchev–Trinajstić information content (AvgIpc) is 3.01. The predicted octanol–water partition coefficient (Wildman–Crippen LogP) is 3.78. The summed E-state index contributed by atoms with van der Waals surface area (Å²) in [6.07, 6.45) is 0. The number of aryl methyl sites for hydroxylation is 1. The molecule has 1 amide bonds. The number of hydrogen-bond donors (Lipinski definition) is 0. The summed E-state index contributed by atoms with van der Waals surface area (Å²) in [6.45, 7) is 4.45. The zero-order chi connectivity index (χ0) is 20.3. The van der Waals surface area contributed by atoms with Crippen LogP contribution >= 0.6 is 0 Å². The van der Waals surface area contributed by atoms with Crippen molar-refractivity contribution in [2.24, 2.45) is 0 Å². The molecule has 0 spiro atoms. The molecule has 1 heterocycles. The molecule has 0 unspecified atom stereocenters. The van der Waals surface area contributed by atoms with Crippen molar-refractivity contribution < 1.29 is 14.3 Å². The summed E-state index contributed by atoms with van der Waals surface area (Å²) in [7, 11) is 4.92. The van der Waals surface area contributed by atoms with Crippen molar-refractivity contribution in [2.75, 3.05) is 21.3 Å². The van der Waals surface area contributed by atoms with Gasteiger partial charge in [0.1, 0.15) is 11.5 Å². The Hall–Kier alpha value is -3.28. The molecule has 0 bridgehead atoms. The van der Waals surface area contributed by atoms with E-state index in [1.54, 1.807) is 44.4 Å².